The van der Waals surface area contributed by atoms with Crippen LogP contribution in [0.4, 0.5) is 4.39 Å². The van der Waals surface area contributed by atoms with Gasteiger partial charge < -0.3 is 14.8 Å². The number of nitrogens with zero attached hydrogens (tertiary/aromatic N) is 2. The van der Waals surface area contributed by atoms with Gasteiger partial charge in [-0.25, -0.2) is 9.37 Å². The van der Waals surface area contributed by atoms with E-state index in [1.807, 2.05) is 0 Å². The van der Waals surface area contributed by atoms with E-state index in [-0.39, 0.29) is 12.4 Å². The minimum Gasteiger partial charge on any atom is -0.393 e. The van der Waals surface area contributed by atoms with Gasteiger partial charge in [0.15, 0.2) is 0 Å². The van der Waals surface area contributed by atoms with Gasteiger partial charge in [0.05, 0.1) is 19.8 Å². The summed E-state index contributed by atoms with van der Waals surface area (Å²) in [5.74, 6) is 0.613. The zero-order chi connectivity index (χ0) is 15.4. The standard InChI is InChI=1S/C16H20FN3O2/c17-14-4-2-1-3-13(14)9-16(12-21)11-20(7-8-22-16)10-15-18-5-6-19-15/h1-6,21H,7-12H2,(H,18,19). The van der Waals surface area contributed by atoms with Crippen LogP contribution in [0.1, 0.15) is 11.4 Å². The lowest BCUT2D eigenvalue weighted by Gasteiger charge is -2.41. The quantitative estimate of drug-likeness (QED) is 0.875. The molecule has 2 N–H and O–H groups in total. The monoisotopic (exact) mass is 305 g/mol. The number of H-pyrrole nitrogens is 1. The Morgan fingerprint density at radius 1 is 1.41 bits per heavy atom. The van der Waals surface area contributed by atoms with Gasteiger partial charge in [0.2, 0.25) is 0 Å². The zero-order valence-electron chi connectivity index (χ0n) is 12.3. The van der Waals surface area contributed by atoms with E-state index in [2.05, 4.69) is 14.9 Å². The molecule has 22 heavy (non-hydrogen) atoms. The second-order valence-corrected chi connectivity index (χ2v) is 5.70. The van der Waals surface area contributed by atoms with Crippen LogP contribution in [-0.4, -0.2) is 51.9 Å². The minimum atomic E-state index is -0.771. The fourth-order valence-corrected chi connectivity index (χ4v) is 2.90. The van der Waals surface area contributed by atoms with Gasteiger partial charge in [0, 0.05) is 31.9 Å². The number of benzene rings is 1. The number of morpholine rings is 1. The molecule has 1 saturated heterocycles. The summed E-state index contributed by atoms with van der Waals surface area (Å²) in [7, 11) is 0. The van der Waals surface area contributed by atoms with Crippen molar-refractivity contribution in [3.05, 3.63) is 53.9 Å². The van der Waals surface area contributed by atoms with Crippen molar-refractivity contribution in [2.45, 2.75) is 18.6 Å². The van der Waals surface area contributed by atoms with E-state index in [0.717, 1.165) is 12.4 Å². The fourth-order valence-electron chi connectivity index (χ4n) is 2.90. The fraction of sp³-hybridized carbons (Fsp3) is 0.438. The number of nitrogens with one attached hydrogen (secondary N) is 1. The summed E-state index contributed by atoms with van der Waals surface area (Å²) in [6.07, 6.45) is 3.85. The molecular weight excluding hydrogens is 285 g/mol. The van der Waals surface area contributed by atoms with Crippen LogP contribution in [0, 0.1) is 5.82 Å². The van der Waals surface area contributed by atoms with Gasteiger partial charge in [-0.1, -0.05) is 18.2 Å². The summed E-state index contributed by atoms with van der Waals surface area (Å²) in [5.41, 5.74) is -0.205. The molecule has 1 aromatic heterocycles. The molecule has 2 aromatic rings. The number of hydrogen-bond acceptors (Lipinski definition) is 4. The van der Waals surface area contributed by atoms with Crippen molar-refractivity contribution >= 4 is 0 Å². The number of aromatic nitrogens is 2. The van der Waals surface area contributed by atoms with E-state index in [9.17, 15) is 9.50 Å². The van der Waals surface area contributed by atoms with Gasteiger partial charge in [0.25, 0.3) is 0 Å². The number of aliphatic hydroxyl groups excluding tert-OH is 1. The molecule has 1 aliphatic rings. The lowest BCUT2D eigenvalue weighted by Crippen LogP contribution is -2.55. The topological polar surface area (TPSA) is 61.4 Å². The number of hydrogen-bond donors (Lipinski definition) is 2. The third-order valence-corrected chi connectivity index (χ3v) is 4.01. The summed E-state index contributed by atoms with van der Waals surface area (Å²) >= 11 is 0. The summed E-state index contributed by atoms with van der Waals surface area (Å²) in [5, 5.41) is 9.84. The van der Waals surface area contributed by atoms with Gasteiger partial charge in [-0.05, 0) is 11.6 Å². The lowest BCUT2D eigenvalue weighted by atomic mass is 9.92. The van der Waals surface area contributed by atoms with Gasteiger partial charge in [-0.3, -0.25) is 4.90 Å². The second-order valence-electron chi connectivity index (χ2n) is 5.70. The van der Waals surface area contributed by atoms with Crippen LogP contribution < -0.4 is 0 Å². The summed E-state index contributed by atoms with van der Waals surface area (Å²) in [6.45, 7) is 2.33. The van der Waals surface area contributed by atoms with Gasteiger partial charge >= 0.3 is 0 Å². The van der Waals surface area contributed by atoms with Crippen molar-refractivity contribution < 1.29 is 14.2 Å². The van der Waals surface area contributed by atoms with Gasteiger partial charge in [-0.2, -0.15) is 0 Å². The first-order valence-electron chi connectivity index (χ1n) is 7.40. The molecule has 0 radical (unpaired) electrons. The molecule has 3 rings (SSSR count). The normalized spacial score (nSPS) is 22.8. The van der Waals surface area contributed by atoms with Crippen molar-refractivity contribution in [3.8, 4) is 0 Å². The van der Waals surface area contributed by atoms with E-state index >= 15 is 0 Å². The van der Waals surface area contributed by atoms with Crippen molar-refractivity contribution in [2.24, 2.45) is 0 Å². The van der Waals surface area contributed by atoms with Crippen LogP contribution in [-0.2, 0) is 17.7 Å². The van der Waals surface area contributed by atoms with Crippen molar-refractivity contribution in [2.75, 3.05) is 26.3 Å². The maximum atomic E-state index is 13.9. The Labute approximate surface area is 128 Å². The summed E-state index contributed by atoms with van der Waals surface area (Å²) < 4.78 is 19.7. The predicted octanol–water partition coefficient (Wildman–Crippen LogP) is 1.35. The molecule has 6 heteroatoms. The maximum Gasteiger partial charge on any atom is 0.126 e. The van der Waals surface area contributed by atoms with E-state index in [1.54, 1.807) is 30.6 Å². The van der Waals surface area contributed by atoms with Crippen LogP contribution in [0.3, 0.4) is 0 Å². The van der Waals surface area contributed by atoms with Crippen LogP contribution in [0.2, 0.25) is 0 Å². The van der Waals surface area contributed by atoms with Crippen LogP contribution in [0.15, 0.2) is 36.7 Å². The number of aliphatic hydroxyl groups is 1. The maximum absolute atomic E-state index is 13.9. The summed E-state index contributed by atoms with van der Waals surface area (Å²) in [4.78, 5) is 9.46. The van der Waals surface area contributed by atoms with Gasteiger partial charge in [0.1, 0.15) is 17.2 Å². The SMILES string of the molecule is OCC1(Cc2ccccc2F)CN(Cc2ncc[nH]2)CCO1. The molecule has 1 atom stereocenters. The zero-order valence-corrected chi connectivity index (χ0v) is 12.3. The number of imidazole rings is 1. The largest absolute Gasteiger partial charge is 0.393 e. The van der Waals surface area contributed by atoms with E-state index in [4.69, 9.17) is 4.74 Å². The number of aromatic amines is 1. The highest BCUT2D eigenvalue weighted by Crippen LogP contribution is 2.25. The molecule has 0 amide bonds. The molecule has 1 unspecified atom stereocenters. The molecule has 118 valence electrons. The number of halogens is 1. The van der Waals surface area contributed by atoms with E-state index < -0.39 is 5.60 Å². The first-order chi connectivity index (χ1) is 10.7. The number of rotatable bonds is 5. The van der Waals surface area contributed by atoms with Gasteiger partial charge in [-0.15, -0.1) is 0 Å². The Hall–Kier alpha value is -1.76. The molecular formula is C16H20FN3O2. The van der Waals surface area contributed by atoms with E-state index in [1.165, 1.54) is 6.07 Å². The second kappa shape index (κ2) is 6.56. The third-order valence-electron chi connectivity index (χ3n) is 4.01. The molecule has 0 bridgehead atoms. The highest BCUT2D eigenvalue weighted by Gasteiger charge is 2.37. The van der Waals surface area contributed by atoms with Crippen LogP contribution >= 0.6 is 0 Å². The number of ether oxygens (including phenoxy) is 1. The molecule has 1 aromatic carbocycles. The summed E-state index contributed by atoms with van der Waals surface area (Å²) in [6, 6.07) is 6.63. The molecule has 5 nitrogen and oxygen atoms in total. The highest BCUT2D eigenvalue weighted by molar-refractivity contribution is 5.20. The Morgan fingerprint density at radius 2 is 2.27 bits per heavy atom. The molecule has 1 fully saturated rings. The smallest absolute Gasteiger partial charge is 0.126 e. The first kappa shape index (κ1) is 15.1. The predicted molar refractivity (Wildman–Crippen MR) is 79.7 cm³/mol. The molecule has 0 saturated carbocycles. The lowest BCUT2D eigenvalue weighted by molar-refractivity contribution is -0.134. The molecule has 0 aliphatic carbocycles. The first-order valence-corrected chi connectivity index (χ1v) is 7.40. The molecule has 2 heterocycles. The Morgan fingerprint density at radius 3 is 3.00 bits per heavy atom. The third kappa shape index (κ3) is 3.35. The average molecular weight is 305 g/mol. The van der Waals surface area contributed by atoms with Crippen molar-refractivity contribution in [1.29, 1.82) is 0 Å². The highest BCUT2D eigenvalue weighted by atomic mass is 19.1. The Balaban J connectivity index is 1.72. The Bertz CT molecular complexity index is 605. The molecule has 1 aliphatic heterocycles. The average Bonchev–Trinajstić information content (AvgIpc) is 3.03. The van der Waals surface area contributed by atoms with Crippen LogP contribution in [0.5, 0.6) is 0 Å². The Kier molecular flexibility index (Phi) is 4.52. The van der Waals surface area contributed by atoms with Crippen molar-refractivity contribution in [3.63, 3.8) is 0 Å². The minimum absolute atomic E-state index is 0.143. The van der Waals surface area contributed by atoms with Crippen molar-refractivity contribution in [1.82, 2.24) is 14.9 Å². The molecule has 0 spiro atoms. The van der Waals surface area contributed by atoms with Crippen LogP contribution in [0.25, 0.3) is 0 Å². The van der Waals surface area contributed by atoms with E-state index in [0.29, 0.717) is 31.7 Å².